The highest BCUT2D eigenvalue weighted by Crippen LogP contribution is 2.35. The van der Waals surface area contributed by atoms with Crippen LogP contribution in [0.15, 0.2) is 58.8 Å². The topological polar surface area (TPSA) is 47.0 Å². The number of hydrogen-bond donors (Lipinski definition) is 0. The van der Waals surface area contributed by atoms with Crippen LogP contribution in [-0.4, -0.2) is 13.4 Å². The fraction of sp³-hybridized carbons (Fsp3) is 0.0625. The van der Waals surface area contributed by atoms with E-state index in [2.05, 4.69) is 4.98 Å². The van der Waals surface area contributed by atoms with E-state index in [-0.39, 0.29) is 4.90 Å². The molecule has 0 radical (unpaired) electrons. The molecule has 3 nitrogen and oxygen atoms in total. The van der Waals surface area contributed by atoms with Gasteiger partial charge in [0.25, 0.3) is 9.05 Å². The molecule has 0 bridgehead atoms. The van der Waals surface area contributed by atoms with E-state index in [4.69, 9.17) is 10.7 Å². The molecule has 25 heavy (non-hydrogen) atoms. The van der Waals surface area contributed by atoms with Crippen molar-refractivity contribution in [2.45, 2.75) is 11.1 Å². The number of nitrogens with zero attached hydrogens (tertiary/aromatic N) is 1. The predicted molar refractivity (Wildman–Crippen MR) is 91.0 cm³/mol. The van der Waals surface area contributed by atoms with Crippen LogP contribution in [0.4, 0.5) is 13.2 Å². The summed E-state index contributed by atoms with van der Waals surface area (Å²) >= 11 is 1.18. The number of benzene rings is 2. The molecule has 3 aromatic rings. The lowest BCUT2D eigenvalue weighted by molar-refractivity contribution is -0.137. The molecule has 0 spiro atoms. The lowest BCUT2D eigenvalue weighted by Gasteiger charge is -2.06. The van der Waals surface area contributed by atoms with Gasteiger partial charge >= 0.3 is 6.18 Å². The zero-order valence-corrected chi connectivity index (χ0v) is 14.7. The molecule has 1 heterocycles. The summed E-state index contributed by atoms with van der Waals surface area (Å²) in [6, 6.07) is 10.7. The first kappa shape index (κ1) is 17.9. The molecule has 0 saturated heterocycles. The van der Waals surface area contributed by atoms with E-state index in [0.29, 0.717) is 21.8 Å². The molecule has 130 valence electrons. The second-order valence-electron chi connectivity index (χ2n) is 5.05. The van der Waals surface area contributed by atoms with E-state index in [1.54, 1.807) is 23.6 Å². The van der Waals surface area contributed by atoms with Crippen LogP contribution in [-0.2, 0) is 15.2 Å². The minimum Gasteiger partial charge on any atom is -0.236 e. The normalized spacial score (nSPS) is 12.3. The van der Waals surface area contributed by atoms with Crippen molar-refractivity contribution in [1.29, 1.82) is 0 Å². The monoisotopic (exact) mass is 403 g/mol. The molecular formula is C16H9ClF3NO2S2. The number of hydrogen-bond acceptors (Lipinski definition) is 4. The maximum Gasteiger partial charge on any atom is 0.416 e. The second kappa shape index (κ2) is 6.44. The number of thiazole rings is 1. The molecule has 0 unspecified atom stereocenters. The van der Waals surface area contributed by atoms with Crippen LogP contribution in [0, 0.1) is 0 Å². The van der Waals surface area contributed by atoms with E-state index < -0.39 is 20.8 Å². The first-order valence-electron chi connectivity index (χ1n) is 6.83. The van der Waals surface area contributed by atoms with Gasteiger partial charge in [0.1, 0.15) is 5.01 Å². The first-order chi connectivity index (χ1) is 11.7. The summed E-state index contributed by atoms with van der Waals surface area (Å²) in [5, 5.41) is 2.06. The van der Waals surface area contributed by atoms with Crippen LogP contribution >= 0.6 is 22.0 Å². The van der Waals surface area contributed by atoms with Gasteiger partial charge in [-0.2, -0.15) is 13.2 Å². The molecule has 3 rings (SSSR count). The van der Waals surface area contributed by atoms with E-state index in [1.165, 1.54) is 29.5 Å². The second-order valence-corrected chi connectivity index (χ2v) is 8.44. The van der Waals surface area contributed by atoms with Crippen molar-refractivity contribution >= 4 is 31.1 Å². The Morgan fingerprint density at radius 2 is 1.64 bits per heavy atom. The van der Waals surface area contributed by atoms with Crippen LogP contribution in [0.25, 0.3) is 21.8 Å². The van der Waals surface area contributed by atoms with Gasteiger partial charge in [0.15, 0.2) is 0 Å². The van der Waals surface area contributed by atoms with Crippen molar-refractivity contribution in [3.05, 3.63) is 59.5 Å². The lowest BCUT2D eigenvalue weighted by Crippen LogP contribution is -2.03. The van der Waals surface area contributed by atoms with Gasteiger partial charge in [-0.3, -0.25) is 0 Å². The molecule has 9 heteroatoms. The van der Waals surface area contributed by atoms with Gasteiger partial charge in [-0.1, -0.05) is 30.3 Å². The first-order valence-corrected chi connectivity index (χ1v) is 10.0. The SMILES string of the molecule is O=S(=O)(Cl)c1ccccc1-c1nc(-c2ccc(C(F)(F)F)cc2)cs1. The third kappa shape index (κ3) is 3.86. The predicted octanol–water partition coefficient (Wildman–Crippen LogP) is 5.42. The highest BCUT2D eigenvalue weighted by molar-refractivity contribution is 8.13. The zero-order valence-electron chi connectivity index (χ0n) is 12.3. The Hall–Kier alpha value is -1.90. The van der Waals surface area contributed by atoms with Crippen molar-refractivity contribution in [1.82, 2.24) is 4.98 Å². The lowest BCUT2D eigenvalue weighted by atomic mass is 10.1. The van der Waals surface area contributed by atoms with Crippen LogP contribution < -0.4 is 0 Å². The molecule has 2 aromatic carbocycles. The number of alkyl halides is 3. The van der Waals surface area contributed by atoms with Crippen molar-refractivity contribution in [2.24, 2.45) is 0 Å². The summed E-state index contributed by atoms with van der Waals surface area (Å²) in [4.78, 5) is 4.27. The van der Waals surface area contributed by atoms with Crippen molar-refractivity contribution < 1.29 is 21.6 Å². The summed E-state index contributed by atoms with van der Waals surface area (Å²) < 4.78 is 61.2. The van der Waals surface area contributed by atoms with E-state index >= 15 is 0 Å². The molecular weight excluding hydrogens is 395 g/mol. The van der Waals surface area contributed by atoms with Gasteiger partial charge in [0.2, 0.25) is 0 Å². The fourth-order valence-electron chi connectivity index (χ4n) is 2.22. The van der Waals surface area contributed by atoms with E-state index in [1.807, 2.05) is 0 Å². The van der Waals surface area contributed by atoms with Gasteiger partial charge in [0.05, 0.1) is 16.2 Å². The van der Waals surface area contributed by atoms with Gasteiger partial charge < -0.3 is 0 Å². The third-order valence-electron chi connectivity index (χ3n) is 3.39. The third-order valence-corrected chi connectivity index (χ3v) is 5.65. The van der Waals surface area contributed by atoms with Crippen LogP contribution in [0.5, 0.6) is 0 Å². The summed E-state index contributed by atoms with van der Waals surface area (Å²) in [7, 11) is 1.49. The Morgan fingerprint density at radius 1 is 1.00 bits per heavy atom. The Labute approximate surface area is 150 Å². The molecule has 0 aliphatic rings. The number of rotatable bonds is 3. The molecule has 1 aromatic heterocycles. The average molecular weight is 404 g/mol. The average Bonchev–Trinajstić information content (AvgIpc) is 3.03. The number of aromatic nitrogens is 1. The molecule has 0 atom stereocenters. The van der Waals surface area contributed by atoms with Crippen LogP contribution in [0.2, 0.25) is 0 Å². The van der Waals surface area contributed by atoms with Crippen LogP contribution in [0.3, 0.4) is 0 Å². The van der Waals surface area contributed by atoms with Gasteiger partial charge in [0, 0.05) is 27.2 Å². The summed E-state index contributed by atoms with van der Waals surface area (Å²) in [5.41, 5.74) is 0.558. The Kier molecular flexibility index (Phi) is 4.61. The van der Waals surface area contributed by atoms with Crippen LogP contribution in [0.1, 0.15) is 5.56 Å². The molecule has 0 fully saturated rings. The van der Waals surface area contributed by atoms with Gasteiger partial charge in [-0.25, -0.2) is 13.4 Å². The minimum absolute atomic E-state index is 0.0648. The smallest absolute Gasteiger partial charge is 0.236 e. The van der Waals surface area contributed by atoms with Crippen molar-refractivity contribution in [3.8, 4) is 21.8 Å². The maximum absolute atomic E-state index is 12.6. The highest BCUT2D eigenvalue weighted by atomic mass is 35.7. The summed E-state index contributed by atoms with van der Waals surface area (Å²) in [6.45, 7) is 0. The molecule has 0 amide bonds. The van der Waals surface area contributed by atoms with E-state index in [0.717, 1.165) is 12.1 Å². The largest absolute Gasteiger partial charge is 0.416 e. The Bertz CT molecular complexity index is 1010. The van der Waals surface area contributed by atoms with Crippen molar-refractivity contribution in [3.63, 3.8) is 0 Å². The summed E-state index contributed by atoms with van der Waals surface area (Å²) in [6.07, 6.45) is -4.40. The zero-order chi connectivity index (χ0) is 18.2. The van der Waals surface area contributed by atoms with E-state index in [9.17, 15) is 21.6 Å². The Balaban J connectivity index is 2.00. The molecule has 0 N–H and O–H groups in total. The summed E-state index contributed by atoms with van der Waals surface area (Å²) in [5.74, 6) is 0. The molecule has 0 aliphatic heterocycles. The number of halogens is 4. The quantitative estimate of drug-likeness (QED) is 0.548. The minimum atomic E-state index is -4.40. The van der Waals surface area contributed by atoms with Crippen molar-refractivity contribution in [2.75, 3.05) is 0 Å². The highest BCUT2D eigenvalue weighted by Gasteiger charge is 2.30. The van der Waals surface area contributed by atoms with Gasteiger partial charge in [-0.05, 0) is 18.2 Å². The van der Waals surface area contributed by atoms with Gasteiger partial charge in [-0.15, -0.1) is 11.3 Å². The maximum atomic E-state index is 12.6. The molecule has 0 saturated carbocycles. The fourth-order valence-corrected chi connectivity index (χ4v) is 4.22. The Morgan fingerprint density at radius 3 is 2.24 bits per heavy atom. The molecule has 0 aliphatic carbocycles. The standard InChI is InChI=1S/C16H9ClF3NO2S2/c17-25(22,23)14-4-2-1-3-12(14)15-21-13(9-24-15)10-5-7-11(8-6-10)16(18,19)20/h1-9H.